The molecule has 0 aliphatic heterocycles. The third kappa shape index (κ3) is 2.61. The molecule has 2 aromatic carbocycles. The molecule has 2 aromatic heterocycles. The number of rotatable bonds is 3. The fourth-order valence-corrected chi connectivity index (χ4v) is 3.15. The molecule has 0 spiro atoms. The SMILES string of the molecule is Cc1cc(-c2ccc([N+](=O)[O-])cc2)n2nc(C)c(-c3ccccc3)c2n1. The predicted molar refractivity (Wildman–Crippen MR) is 100.0 cm³/mol. The van der Waals surface area contributed by atoms with Crippen molar-refractivity contribution in [3.63, 3.8) is 0 Å². The molecule has 6 heteroatoms. The minimum Gasteiger partial charge on any atom is -0.258 e. The first-order chi connectivity index (χ1) is 12.5. The Morgan fingerprint density at radius 2 is 1.65 bits per heavy atom. The molecular weight excluding hydrogens is 328 g/mol. The van der Waals surface area contributed by atoms with Crippen molar-refractivity contribution in [3.05, 3.63) is 82.2 Å². The van der Waals surface area contributed by atoms with E-state index in [1.54, 1.807) is 12.1 Å². The molecule has 0 N–H and O–H groups in total. The Balaban J connectivity index is 1.96. The van der Waals surface area contributed by atoms with Gasteiger partial charge in [0, 0.05) is 29.0 Å². The van der Waals surface area contributed by atoms with E-state index in [0.717, 1.165) is 39.4 Å². The van der Waals surface area contributed by atoms with Gasteiger partial charge in [0.15, 0.2) is 5.65 Å². The maximum absolute atomic E-state index is 10.9. The Morgan fingerprint density at radius 1 is 0.962 bits per heavy atom. The fourth-order valence-electron chi connectivity index (χ4n) is 3.15. The molecule has 0 saturated heterocycles. The van der Waals surface area contributed by atoms with Gasteiger partial charge in [0.05, 0.1) is 16.3 Å². The van der Waals surface area contributed by atoms with Crippen molar-refractivity contribution >= 4 is 11.3 Å². The molecule has 0 radical (unpaired) electrons. The molecule has 0 fully saturated rings. The van der Waals surface area contributed by atoms with Crippen LogP contribution in [0.4, 0.5) is 5.69 Å². The number of nitro groups is 1. The van der Waals surface area contributed by atoms with E-state index in [1.807, 2.05) is 54.8 Å². The van der Waals surface area contributed by atoms with Crippen molar-refractivity contribution in [2.45, 2.75) is 13.8 Å². The number of nitro benzene ring substituents is 1. The van der Waals surface area contributed by atoms with E-state index in [9.17, 15) is 10.1 Å². The molecule has 0 aliphatic carbocycles. The number of aryl methyl sites for hydroxylation is 2. The Kier molecular flexibility index (Phi) is 3.73. The predicted octanol–water partition coefficient (Wildman–Crippen LogP) is 4.59. The van der Waals surface area contributed by atoms with Crippen molar-refractivity contribution in [1.29, 1.82) is 0 Å². The van der Waals surface area contributed by atoms with Gasteiger partial charge in [0.25, 0.3) is 5.69 Å². The first-order valence-corrected chi connectivity index (χ1v) is 8.22. The third-order valence-corrected chi connectivity index (χ3v) is 4.33. The van der Waals surface area contributed by atoms with E-state index in [0.29, 0.717) is 0 Å². The smallest absolute Gasteiger partial charge is 0.258 e. The molecule has 4 rings (SSSR count). The van der Waals surface area contributed by atoms with Crippen LogP contribution in [0.5, 0.6) is 0 Å². The number of non-ortho nitro benzene ring substituents is 1. The summed E-state index contributed by atoms with van der Waals surface area (Å²) < 4.78 is 1.81. The number of nitrogens with zero attached hydrogens (tertiary/aromatic N) is 4. The molecule has 0 bridgehead atoms. The molecule has 128 valence electrons. The molecule has 26 heavy (non-hydrogen) atoms. The highest BCUT2D eigenvalue weighted by atomic mass is 16.6. The molecule has 0 aliphatic rings. The van der Waals surface area contributed by atoms with Crippen molar-refractivity contribution in [2.24, 2.45) is 0 Å². The van der Waals surface area contributed by atoms with Gasteiger partial charge in [-0.15, -0.1) is 0 Å². The first kappa shape index (κ1) is 16.0. The lowest BCUT2D eigenvalue weighted by Crippen LogP contribution is -1.98. The van der Waals surface area contributed by atoms with Gasteiger partial charge in [-0.25, -0.2) is 9.50 Å². The molecule has 6 nitrogen and oxygen atoms in total. The van der Waals surface area contributed by atoms with Crippen LogP contribution in [0.3, 0.4) is 0 Å². The number of benzene rings is 2. The summed E-state index contributed by atoms with van der Waals surface area (Å²) in [4.78, 5) is 15.2. The lowest BCUT2D eigenvalue weighted by atomic mass is 10.1. The molecule has 2 heterocycles. The third-order valence-electron chi connectivity index (χ3n) is 4.33. The second-order valence-electron chi connectivity index (χ2n) is 6.15. The molecule has 4 aromatic rings. The second kappa shape index (κ2) is 6.07. The van der Waals surface area contributed by atoms with E-state index < -0.39 is 4.92 Å². The second-order valence-corrected chi connectivity index (χ2v) is 6.15. The fraction of sp³-hybridized carbons (Fsp3) is 0.100. The summed E-state index contributed by atoms with van der Waals surface area (Å²) in [6.07, 6.45) is 0. The van der Waals surface area contributed by atoms with E-state index in [2.05, 4.69) is 5.10 Å². The van der Waals surface area contributed by atoms with Crippen LogP contribution in [-0.4, -0.2) is 19.5 Å². The zero-order chi connectivity index (χ0) is 18.3. The number of fused-ring (bicyclic) bond motifs is 1. The zero-order valence-corrected chi connectivity index (χ0v) is 14.4. The maximum atomic E-state index is 10.9. The summed E-state index contributed by atoms with van der Waals surface area (Å²) in [5.74, 6) is 0. The lowest BCUT2D eigenvalue weighted by molar-refractivity contribution is -0.384. The van der Waals surface area contributed by atoms with Crippen LogP contribution in [-0.2, 0) is 0 Å². The number of aromatic nitrogens is 3. The highest BCUT2D eigenvalue weighted by molar-refractivity contribution is 5.81. The monoisotopic (exact) mass is 344 g/mol. The van der Waals surface area contributed by atoms with Crippen molar-refractivity contribution in [2.75, 3.05) is 0 Å². The quantitative estimate of drug-likeness (QED) is 0.402. The van der Waals surface area contributed by atoms with E-state index >= 15 is 0 Å². The number of hydrogen-bond acceptors (Lipinski definition) is 4. The maximum Gasteiger partial charge on any atom is 0.269 e. The Bertz CT molecular complexity index is 1120. The van der Waals surface area contributed by atoms with Crippen LogP contribution in [0.15, 0.2) is 60.7 Å². The Labute approximate surface area is 149 Å². The normalized spacial score (nSPS) is 11.0. The van der Waals surface area contributed by atoms with Gasteiger partial charge in [0.1, 0.15) is 0 Å². The van der Waals surface area contributed by atoms with Crippen LogP contribution in [0.1, 0.15) is 11.4 Å². The Hall–Kier alpha value is -3.54. The van der Waals surface area contributed by atoms with Gasteiger partial charge in [-0.2, -0.15) is 5.10 Å². The van der Waals surface area contributed by atoms with Gasteiger partial charge in [-0.3, -0.25) is 10.1 Å². The standard InChI is InChI=1S/C20H16N4O2/c1-13-12-18(15-8-10-17(11-9-15)24(25)26)23-20(21-13)19(14(2)22-23)16-6-4-3-5-7-16/h3-12H,1-2H3. The summed E-state index contributed by atoms with van der Waals surface area (Å²) in [6, 6.07) is 18.5. The summed E-state index contributed by atoms with van der Waals surface area (Å²) in [5.41, 5.74) is 6.37. The Morgan fingerprint density at radius 3 is 2.31 bits per heavy atom. The molecule has 0 amide bonds. The highest BCUT2D eigenvalue weighted by Crippen LogP contribution is 2.31. The van der Waals surface area contributed by atoms with Crippen molar-refractivity contribution in [1.82, 2.24) is 14.6 Å². The molecule has 0 atom stereocenters. The molecular formula is C20H16N4O2. The zero-order valence-electron chi connectivity index (χ0n) is 14.4. The van der Waals surface area contributed by atoms with Gasteiger partial charge in [-0.05, 0) is 37.6 Å². The van der Waals surface area contributed by atoms with Crippen LogP contribution in [0.25, 0.3) is 28.0 Å². The number of hydrogen-bond donors (Lipinski definition) is 0. The van der Waals surface area contributed by atoms with Gasteiger partial charge < -0.3 is 0 Å². The van der Waals surface area contributed by atoms with Crippen molar-refractivity contribution in [3.8, 4) is 22.4 Å². The minimum absolute atomic E-state index is 0.0670. The van der Waals surface area contributed by atoms with E-state index in [4.69, 9.17) is 4.98 Å². The lowest BCUT2D eigenvalue weighted by Gasteiger charge is -2.07. The minimum atomic E-state index is -0.400. The molecule has 0 saturated carbocycles. The van der Waals surface area contributed by atoms with Crippen LogP contribution in [0, 0.1) is 24.0 Å². The van der Waals surface area contributed by atoms with E-state index in [-0.39, 0.29) is 5.69 Å². The first-order valence-electron chi connectivity index (χ1n) is 8.22. The van der Waals surface area contributed by atoms with Crippen LogP contribution >= 0.6 is 0 Å². The van der Waals surface area contributed by atoms with Gasteiger partial charge in [0.2, 0.25) is 0 Å². The van der Waals surface area contributed by atoms with E-state index in [1.165, 1.54) is 12.1 Å². The average molecular weight is 344 g/mol. The van der Waals surface area contributed by atoms with Gasteiger partial charge >= 0.3 is 0 Å². The summed E-state index contributed by atoms with van der Waals surface area (Å²) in [5, 5.41) is 15.6. The average Bonchev–Trinajstić information content (AvgIpc) is 2.97. The summed E-state index contributed by atoms with van der Waals surface area (Å²) >= 11 is 0. The molecule has 0 unspecified atom stereocenters. The summed E-state index contributed by atoms with van der Waals surface area (Å²) in [6.45, 7) is 3.90. The van der Waals surface area contributed by atoms with Crippen LogP contribution in [0.2, 0.25) is 0 Å². The summed E-state index contributed by atoms with van der Waals surface area (Å²) in [7, 11) is 0. The van der Waals surface area contributed by atoms with Crippen LogP contribution < -0.4 is 0 Å². The van der Waals surface area contributed by atoms with Crippen molar-refractivity contribution < 1.29 is 4.92 Å². The highest BCUT2D eigenvalue weighted by Gasteiger charge is 2.17. The largest absolute Gasteiger partial charge is 0.269 e. The topological polar surface area (TPSA) is 73.3 Å². The van der Waals surface area contributed by atoms with Gasteiger partial charge in [-0.1, -0.05) is 30.3 Å².